The first kappa shape index (κ1) is 29.5. The molecule has 45 heavy (non-hydrogen) atoms. The van der Waals surface area contributed by atoms with E-state index in [2.05, 4.69) is 43.9 Å². The molecule has 1 saturated heterocycles. The average molecular weight is 608 g/mol. The van der Waals surface area contributed by atoms with Gasteiger partial charge in [0.15, 0.2) is 0 Å². The second-order valence-electron chi connectivity index (χ2n) is 13.6. The molecule has 5 fully saturated rings. The standard InChI is InChI=1S/C37H45N5O3/c1-45-34-10-6-5-9-33(34)42-17-15-41(16-18-42)32-12-11-30(22-31(32)35(43)38-14-13-26-7-3-2-4-8-26)39-36(44)40-37-23-27-19-28(24-37)21-29(20-27)25-37/h2-12,22,27-29H,13-21,23-25H2,1H3,(H,38,43)(H2,39,40,44). The Kier molecular flexibility index (Phi) is 8.30. The zero-order valence-electron chi connectivity index (χ0n) is 26.3. The summed E-state index contributed by atoms with van der Waals surface area (Å²) in [6, 6.07) is 23.9. The molecule has 0 aromatic heterocycles. The Hall–Kier alpha value is -4.20. The Morgan fingerprint density at radius 3 is 2.09 bits per heavy atom. The highest BCUT2D eigenvalue weighted by atomic mass is 16.5. The lowest BCUT2D eigenvalue weighted by molar-refractivity contribution is -0.0127. The third-order valence-electron chi connectivity index (χ3n) is 10.5. The molecule has 8 rings (SSSR count). The number of hydrogen-bond donors (Lipinski definition) is 3. The minimum atomic E-state index is -0.162. The van der Waals surface area contributed by atoms with E-state index in [1.165, 1.54) is 24.8 Å². The quantitative estimate of drug-likeness (QED) is 0.274. The predicted octanol–water partition coefficient (Wildman–Crippen LogP) is 6.08. The number of hydrogen-bond acceptors (Lipinski definition) is 5. The number of carbonyl (C=O) groups is 2. The lowest BCUT2D eigenvalue weighted by atomic mass is 9.53. The highest BCUT2D eigenvalue weighted by Gasteiger charge is 2.51. The maximum Gasteiger partial charge on any atom is 0.319 e. The van der Waals surface area contributed by atoms with E-state index in [0.29, 0.717) is 17.8 Å². The van der Waals surface area contributed by atoms with E-state index in [-0.39, 0.29) is 17.5 Å². The molecule has 0 radical (unpaired) electrons. The van der Waals surface area contributed by atoms with Crippen LogP contribution in [0.25, 0.3) is 0 Å². The van der Waals surface area contributed by atoms with Crippen molar-refractivity contribution in [1.82, 2.24) is 10.6 Å². The lowest BCUT2D eigenvalue weighted by Gasteiger charge is -2.56. The summed E-state index contributed by atoms with van der Waals surface area (Å²) >= 11 is 0. The molecule has 1 heterocycles. The molecule has 4 aliphatic carbocycles. The van der Waals surface area contributed by atoms with Crippen LogP contribution in [0.3, 0.4) is 0 Å². The predicted molar refractivity (Wildman–Crippen MR) is 179 cm³/mol. The summed E-state index contributed by atoms with van der Waals surface area (Å²) in [6.07, 6.45) is 8.05. The summed E-state index contributed by atoms with van der Waals surface area (Å²) in [7, 11) is 1.71. The van der Waals surface area contributed by atoms with Gasteiger partial charge in [0.1, 0.15) is 5.75 Å². The van der Waals surface area contributed by atoms with Crippen molar-refractivity contribution in [2.24, 2.45) is 17.8 Å². The van der Waals surface area contributed by atoms with E-state index >= 15 is 0 Å². The molecular weight excluding hydrogens is 562 g/mol. The van der Waals surface area contributed by atoms with Crippen LogP contribution in [0.2, 0.25) is 0 Å². The molecule has 3 N–H and O–H groups in total. The third-order valence-corrected chi connectivity index (χ3v) is 10.5. The Morgan fingerprint density at radius 1 is 0.800 bits per heavy atom. The van der Waals surface area contributed by atoms with Crippen LogP contribution < -0.4 is 30.5 Å². The topological polar surface area (TPSA) is 85.9 Å². The van der Waals surface area contributed by atoms with Gasteiger partial charge in [0.2, 0.25) is 0 Å². The van der Waals surface area contributed by atoms with Gasteiger partial charge in [-0.2, -0.15) is 0 Å². The highest BCUT2D eigenvalue weighted by Crippen LogP contribution is 2.55. The van der Waals surface area contributed by atoms with Crippen molar-refractivity contribution in [2.45, 2.75) is 50.5 Å². The number of rotatable bonds is 9. The van der Waals surface area contributed by atoms with Gasteiger partial charge in [0.25, 0.3) is 5.91 Å². The van der Waals surface area contributed by atoms with Crippen molar-refractivity contribution in [3.8, 4) is 5.75 Å². The number of piperazine rings is 1. The monoisotopic (exact) mass is 607 g/mol. The Bertz CT molecular complexity index is 1480. The molecule has 3 aromatic rings. The van der Waals surface area contributed by atoms with Gasteiger partial charge in [-0.1, -0.05) is 42.5 Å². The molecule has 236 valence electrons. The van der Waals surface area contributed by atoms with Crippen molar-refractivity contribution >= 4 is 29.0 Å². The number of methoxy groups -OCH3 is 1. The second-order valence-corrected chi connectivity index (χ2v) is 13.6. The molecule has 0 spiro atoms. The van der Waals surface area contributed by atoms with Crippen LogP contribution in [0, 0.1) is 17.8 Å². The minimum Gasteiger partial charge on any atom is -0.495 e. The van der Waals surface area contributed by atoms with Crippen molar-refractivity contribution in [1.29, 1.82) is 0 Å². The Balaban J connectivity index is 1.06. The zero-order valence-corrected chi connectivity index (χ0v) is 26.3. The van der Waals surface area contributed by atoms with Gasteiger partial charge in [-0.05, 0) is 98.6 Å². The van der Waals surface area contributed by atoms with Crippen LogP contribution in [-0.4, -0.2) is 57.3 Å². The molecule has 3 amide bonds. The summed E-state index contributed by atoms with van der Waals surface area (Å²) in [6.45, 7) is 3.68. The van der Waals surface area contributed by atoms with Crippen LogP contribution in [0.4, 0.5) is 21.9 Å². The summed E-state index contributed by atoms with van der Waals surface area (Å²) in [5.74, 6) is 3.01. The largest absolute Gasteiger partial charge is 0.495 e. The zero-order chi connectivity index (χ0) is 30.8. The number of nitrogens with one attached hydrogen (secondary N) is 3. The van der Waals surface area contributed by atoms with E-state index in [0.717, 1.165) is 86.7 Å². The van der Waals surface area contributed by atoms with Crippen LogP contribution in [0.1, 0.15) is 54.4 Å². The van der Waals surface area contributed by atoms with Gasteiger partial charge in [-0.25, -0.2) is 4.79 Å². The number of ether oxygens (including phenoxy) is 1. The molecule has 1 aliphatic heterocycles. The average Bonchev–Trinajstić information content (AvgIpc) is 3.04. The molecule has 5 aliphatic rings. The van der Waals surface area contributed by atoms with Crippen molar-refractivity contribution in [3.05, 3.63) is 83.9 Å². The molecule has 0 unspecified atom stereocenters. The van der Waals surface area contributed by atoms with Crippen molar-refractivity contribution in [2.75, 3.05) is 55.0 Å². The van der Waals surface area contributed by atoms with Crippen molar-refractivity contribution in [3.63, 3.8) is 0 Å². The van der Waals surface area contributed by atoms with E-state index in [1.807, 2.05) is 54.6 Å². The van der Waals surface area contributed by atoms with Crippen molar-refractivity contribution < 1.29 is 14.3 Å². The third kappa shape index (κ3) is 6.46. The first-order valence-corrected chi connectivity index (χ1v) is 16.7. The van der Waals surface area contributed by atoms with E-state index < -0.39 is 0 Å². The van der Waals surface area contributed by atoms with Crippen LogP contribution in [0.5, 0.6) is 5.75 Å². The molecule has 0 atom stereocenters. The van der Waals surface area contributed by atoms with Gasteiger partial charge in [0, 0.05) is 49.6 Å². The van der Waals surface area contributed by atoms with Gasteiger partial charge in [-0.3, -0.25) is 4.79 Å². The number of benzene rings is 3. The first-order chi connectivity index (χ1) is 22.0. The highest BCUT2D eigenvalue weighted by molar-refractivity contribution is 6.02. The minimum absolute atomic E-state index is 0.0719. The summed E-state index contributed by atoms with van der Waals surface area (Å²) in [5, 5.41) is 9.64. The molecule has 8 nitrogen and oxygen atoms in total. The molecular formula is C37H45N5O3. The number of nitrogens with zero attached hydrogens (tertiary/aromatic N) is 2. The fourth-order valence-corrected chi connectivity index (χ4v) is 8.88. The first-order valence-electron chi connectivity index (χ1n) is 16.7. The van der Waals surface area contributed by atoms with E-state index in [4.69, 9.17) is 4.74 Å². The molecule has 4 bridgehead atoms. The summed E-state index contributed by atoms with van der Waals surface area (Å²) < 4.78 is 5.60. The Morgan fingerprint density at radius 2 is 1.42 bits per heavy atom. The fraction of sp³-hybridized carbons (Fsp3) is 0.459. The van der Waals surface area contributed by atoms with Gasteiger partial charge in [0.05, 0.1) is 18.4 Å². The lowest BCUT2D eigenvalue weighted by Crippen LogP contribution is -2.60. The summed E-state index contributed by atoms with van der Waals surface area (Å²) in [4.78, 5) is 31.7. The number of anilines is 3. The van der Waals surface area contributed by atoms with Gasteiger partial charge >= 0.3 is 6.03 Å². The van der Waals surface area contributed by atoms with Crippen LogP contribution >= 0.6 is 0 Å². The number of amides is 3. The van der Waals surface area contributed by atoms with Crippen LogP contribution in [-0.2, 0) is 6.42 Å². The normalized spacial score (nSPS) is 25.1. The van der Waals surface area contributed by atoms with Gasteiger partial charge in [-0.15, -0.1) is 0 Å². The maximum absolute atomic E-state index is 13.7. The van der Waals surface area contributed by atoms with E-state index in [9.17, 15) is 9.59 Å². The van der Waals surface area contributed by atoms with Gasteiger partial charge < -0.3 is 30.5 Å². The number of para-hydroxylation sites is 2. The molecule has 3 aromatic carbocycles. The Labute approximate surface area is 266 Å². The fourth-order valence-electron chi connectivity index (χ4n) is 8.88. The second kappa shape index (κ2) is 12.7. The molecule has 8 heteroatoms. The van der Waals surface area contributed by atoms with E-state index in [1.54, 1.807) is 7.11 Å². The number of carbonyl (C=O) groups excluding carboxylic acids is 2. The summed E-state index contributed by atoms with van der Waals surface area (Å²) in [5.41, 5.74) is 4.31. The maximum atomic E-state index is 13.7. The molecule has 4 saturated carbocycles. The van der Waals surface area contributed by atoms with Crippen LogP contribution in [0.15, 0.2) is 72.8 Å². The SMILES string of the molecule is COc1ccccc1N1CCN(c2ccc(NC(=O)NC34CC5CC(CC(C5)C3)C4)cc2C(=O)NCCc2ccccc2)CC1. The number of urea groups is 1. The smallest absolute Gasteiger partial charge is 0.319 e.